The van der Waals surface area contributed by atoms with Crippen LogP contribution < -0.4 is 19.1 Å². The van der Waals surface area contributed by atoms with Crippen molar-refractivity contribution >= 4 is 33.4 Å². The Balaban J connectivity index is 1.70. The first kappa shape index (κ1) is 24.1. The monoisotopic (exact) mass is 505 g/mol. The number of hydrogen-bond acceptors (Lipinski definition) is 5. The van der Waals surface area contributed by atoms with E-state index in [9.17, 15) is 31.2 Å². The summed E-state index contributed by atoms with van der Waals surface area (Å²) in [6.07, 6.45) is -5.05. The van der Waals surface area contributed by atoms with Crippen molar-refractivity contribution in [2.75, 3.05) is 16.2 Å². The average molecular weight is 505 g/mol. The van der Waals surface area contributed by atoms with Crippen LogP contribution >= 0.6 is 0 Å². The number of anilines is 2. The van der Waals surface area contributed by atoms with Crippen LogP contribution in [0.15, 0.2) is 72.8 Å². The number of rotatable bonds is 6. The third kappa shape index (κ3) is 5.54. The Bertz CT molecular complexity index is 1380. The highest BCUT2D eigenvalue weighted by molar-refractivity contribution is 7.92. The number of hydrogen-bond donors (Lipinski definition) is 2. The van der Waals surface area contributed by atoms with E-state index in [4.69, 9.17) is 4.74 Å². The van der Waals surface area contributed by atoms with E-state index in [-0.39, 0.29) is 23.7 Å². The second kappa shape index (κ2) is 9.29. The molecule has 182 valence electrons. The first-order chi connectivity index (χ1) is 16.5. The van der Waals surface area contributed by atoms with Gasteiger partial charge in [0.05, 0.1) is 5.69 Å². The van der Waals surface area contributed by atoms with Crippen molar-refractivity contribution in [3.63, 3.8) is 0 Å². The Labute approximate surface area is 198 Å². The maximum atomic E-state index is 12.6. The second-order valence-corrected chi connectivity index (χ2v) is 9.12. The van der Waals surface area contributed by atoms with E-state index in [1.807, 2.05) is 35.1 Å². The average Bonchev–Trinajstić information content (AvgIpc) is 3.09. The molecule has 0 spiro atoms. The molecule has 0 saturated carbocycles. The molecule has 0 aromatic heterocycles. The summed E-state index contributed by atoms with van der Waals surface area (Å²) in [6.45, 7) is -0.337. The van der Waals surface area contributed by atoms with Crippen LogP contribution in [0.3, 0.4) is 0 Å². The van der Waals surface area contributed by atoms with Gasteiger partial charge in [0.2, 0.25) is 0 Å². The number of benzene rings is 3. The minimum absolute atomic E-state index is 0.0708. The molecule has 0 unspecified atom stereocenters. The predicted molar refractivity (Wildman–Crippen MR) is 122 cm³/mol. The standard InChI is InChI=1S/C23H18F3N3O5S/c24-23(25,26)22(31)27-18-8-4-7-16(11-18)17-9-10-20(34-14-15-5-2-1-3-6-15)19(12-17)29-13-21(30)28-35(29,32)33/h1-12H,13-14H2,(H,27,31)(H,28,30). The fourth-order valence-corrected chi connectivity index (χ4v) is 4.54. The van der Waals surface area contributed by atoms with Crippen LogP contribution in [0.4, 0.5) is 24.5 Å². The minimum Gasteiger partial charge on any atom is -0.487 e. The van der Waals surface area contributed by atoms with E-state index in [1.165, 1.54) is 30.3 Å². The largest absolute Gasteiger partial charge is 0.487 e. The van der Waals surface area contributed by atoms with Crippen LogP contribution in [-0.4, -0.2) is 33.0 Å². The smallest absolute Gasteiger partial charge is 0.471 e. The number of nitrogens with one attached hydrogen (secondary N) is 2. The fraction of sp³-hybridized carbons (Fsp3) is 0.130. The summed E-state index contributed by atoms with van der Waals surface area (Å²) in [5.41, 5.74) is 1.62. The van der Waals surface area contributed by atoms with Crippen LogP contribution in [0.5, 0.6) is 5.75 Å². The van der Waals surface area contributed by atoms with Crippen LogP contribution in [0.1, 0.15) is 5.56 Å². The SMILES string of the molecule is O=C1CN(c2cc(-c3cccc(NC(=O)C(F)(F)F)c3)ccc2OCc2ccccc2)S(=O)(=O)N1. The number of halogens is 3. The molecule has 2 amide bonds. The molecular formula is C23H18F3N3O5S. The van der Waals surface area contributed by atoms with Gasteiger partial charge in [0.15, 0.2) is 0 Å². The van der Waals surface area contributed by atoms with Crippen LogP contribution in [0.2, 0.25) is 0 Å². The van der Waals surface area contributed by atoms with E-state index >= 15 is 0 Å². The highest BCUT2D eigenvalue weighted by Gasteiger charge is 2.39. The molecular weight excluding hydrogens is 487 g/mol. The lowest BCUT2D eigenvalue weighted by Crippen LogP contribution is -2.30. The first-order valence-electron chi connectivity index (χ1n) is 10.2. The summed E-state index contributed by atoms with van der Waals surface area (Å²) in [4.78, 5) is 23.1. The second-order valence-electron chi connectivity index (χ2n) is 7.53. The van der Waals surface area contributed by atoms with Crippen molar-refractivity contribution in [1.82, 2.24) is 4.72 Å². The minimum atomic E-state index is -5.05. The number of amides is 2. The summed E-state index contributed by atoms with van der Waals surface area (Å²) < 4.78 is 71.4. The quantitative estimate of drug-likeness (QED) is 0.533. The molecule has 0 radical (unpaired) electrons. The van der Waals surface area contributed by atoms with E-state index in [0.29, 0.717) is 11.1 Å². The van der Waals surface area contributed by atoms with Gasteiger partial charge >= 0.3 is 22.3 Å². The summed E-state index contributed by atoms with van der Waals surface area (Å²) >= 11 is 0. The van der Waals surface area contributed by atoms with Crippen LogP contribution in [0, 0.1) is 0 Å². The lowest BCUT2D eigenvalue weighted by Gasteiger charge is -2.20. The molecule has 4 rings (SSSR count). The fourth-order valence-electron chi connectivity index (χ4n) is 3.39. The molecule has 0 aliphatic carbocycles. The molecule has 2 N–H and O–H groups in total. The van der Waals surface area contributed by atoms with Gasteiger partial charge in [0, 0.05) is 5.69 Å². The zero-order valence-electron chi connectivity index (χ0n) is 17.9. The van der Waals surface area contributed by atoms with Crippen molar-refractivity contribution in [3.05, 3.63) is 78.4 Å². The van der Waals surface area contributed by atoms with Crippen LogP contribution in [0.25, 0.3) is 11.1 Å². The zero-order valence-corrected chi connectivity index (χ0v) is 18.7. The molecule has 0 atom stereocenters. The van der Waals surface area contributed by atoms with Gasteiger partial charge in [0.1, 0.15) is 18.9 Å². The van der Waals surface area contributed by atoms with Crippen LogP contribution in [-0.2, 0) is 26.4 Å². The van der Waals surface area contributed by atoms with Gasteiger partial charge in [0.25, 0.3) is 5.91 Å². The molecule has 8 nitrogen and oxygen atoms in total. The van der Waals surface area contributed by atoms with Gasteiger partial charge < -0.3 is 10.1 Å². The molecule has 3 aromatic carbocycles. The number of carbonyl (C=O) groups is 2. The van der Waals surface area contributed by atoms with Gasteiger partial charge in [-0.2, -0.15) is 21.6 Å². The van der Waals surface area contributed by atoms with Gasteiger partial charge in [-0.15, -0.1) is 0 Å². The van der Waals surface area contributed by atoms with E-state index in [2.05, 4.69) is 0 Å². The lowest BCUT2D eigenvalue weighted by atomic mass is 10.0. The Morgan fingerprint density at radius 1 is 1.00 bits per heavy atom. The lowest BCUT2D eigenvalue weighted by molar-refractivity contribution is -0.167. The molecule has 3 aromatic rings. The van der Waals surface area contributed by atoms with Crippen molar-refractivity contribution in [2.24, 2.45) is 0 Å². The third-order valence-electron chi connectivity index (χ3n) is 5.00. The number of ether oxygens (including phenoxy) is 1. The first-order valence-corrected chi connectivity index (χ1v) is 11.6. The Hall–Kier alpha value is -4.06. The Morgan fingerprint density at radius 2 is 1.71 bits per heavy atom. The van der Waals surface area contributed by atoms with Crippen molar-refractivity contribution in [2.45, 2.75) is 12.8 Å². The highest BCUT2D eigenvalue weighted by atomic mass is 32.2. The Kier molecular flexibility index (Phi) is 6.39. The number of nitrogens with zero attached hydrogens (tertiary/aromatic N) is 1. The summed E-state index contributed by atoms with van der Waals surface area (Å²) in [5, 5.41) is 1.78. The maximum Gasteiger partial charge on any atom is 0.471 e. The molecule has 35 heavy (non-hydrogen) atoms. The van der Waals surface area contributed by atoms with Gasteiger partial charge in [-0.1, -0.05) is 48.5 Å². The number of alkyl halides is 3. The molecule has 1 saturated heterocycles. The zero-order chi connectivity index (χ0) is 25.2. The van der Waals surface area contributed by atoms with E-state index in [0.717, 1.165) is 9.87 Å². The van der Waals surface area contributed by atoms with Crippen molar-refractivity contribution in [1.29, 1.82) is 0 Å². The van der Waals surface area contributed by atoms with Crippen molar-refractivity contribution < 1.29 is 35.9 Å². The van der Waals surface area contributed by atoms with E-state index < -0.39 is 34.7 Å². The normalized spacial score (nSPS) is 14.9. The van der Waals surface area contributed by atoms with Gasteiger partial charge in [-0.05, 0) is 41.0 Å². The van der Waals surface area contributed by atoms with E-state index in [1.54, 1.807) is 17.4 Å². The Morgan fingerprint density at radius 3 is 2.37 bits per heavy atom. The molecule has 1 fully saturated rings. The highest BCUT2D eigenvalue weighted by Crippen LogP contribution is 2.37. The van der Waals surface area contributed by atoms with Gasteiger partial charge in [-0.25, -0.2) is 9.03 Å². The van der Waals surface area contributed by atoms with Crippen molar-refractivity contribution in [3.8, 4) is 16.9 Å². The van der Waals surface area contributed by atoms with Gasteiger partial charge in [-0.3, -0.25) is 9.59 Å². The molecule has 1 aliphatic heterocycles. The summed E-state index contributed by atoms with van der Waals surface area (Å²) in [7, 11) is -4.16. The predicted octanol–water partition coefficient (Wildman–Crippen LogP) is 3.61. The maximum absolute atomic E-state index is 12.6. The molecule has 1 aliphatic rings. The number of carbonyl (C=O) groups excluding carboxylic acids is 2. The molecule has 12 heteroatoms. The summed E-state index contributed by atoms with van der Waals surface area (Å²) in [5.74, 6) is -2.66. The topological polar surface area (TPSA) is 105 Å². The third-order valence-corrected chi connectivity index (χ3v) is 6.39. The summed E-state index contributed by atoms with van der Waals surface area (Å²) in [6, 6.07) is 19.3. The molecule has 0 bridgehead atoms. The molecule has 1 heterocycles.